The Morgan fingerprint density at radius 2 is 1.74 bits per heavy atom. The van der Waals surface area contributed by atoms with Crippen molar-refractivity contribution in [3.8, 4) is 6.07 Å². The molecule has 9 nitrogen and oxygen atoms in total. The summed E-state index contributed by atoms with van der Waals surface area (Å²) in [6, 6.07) is 6.93. The minimum atomic E-state index is -0.847. The summed E-state index contributed by atoms with van der Waals surface area (Å²) in [6.07, 6.45) is 6.10. The highest BCUT2D eigenvalue weighted by atomic mass is 16.2. The molecule has 0 spiro atoms. The van der Waals surface area contributed by atoms with E-state index in [9.17, 15) is 19.2 Å². The largest absolute Gasteiger partial charge is 0.354 e. The van der Waals surface area contributed by atoms with E-state index in [1.807, 2.05) is 6.07 Å². The van der Waals surface area contributed by atoms with Crippen LogP contribution >= 0.6 is 0 Å². The highest BCUT2D eigenvalue weighted by Crippen LogP contribution is 2.27. The molecule has 2 N–H and O–H groups in total. The van der Waals surface area contributed by atoms with Gasteiger partial charge >= 0.3 is 0 Å². The van der Waals surface area contributed by atoms with Gasteiger partial charge in [0.25, 0.3) is 5.91 Å². The molecule has 1 aromatic rings. The van der Waals surface area contributed by atoms with Gasteiger partial charge in [0.2, 0.25) is 17.7 Å². The molecule has 2 saturated heterocycles. The second kappa shape index (κ2) is 10.7. The molecular weight excluding hydrogens is 434 g/mol. The van der Waals surface area contributed by atoms with Crippen LogP contribution in [0, 0.1) is 17.2 Å². The van der Waals surface area contributed by atoms with Crippen molar-refractivity contribution in [2.75, 3.05) is 26.2 Å². The average molecular weight is 466 g/mol. The molecule has 9 heteroatoms. The number of piperazine rings is 1. The Bertz CT molecular complexity index is 980. The topological polar surface area (TPSA) is 123 Å². The Balaban J connectivity index is 1.52. The summed E-state index contributed by atoms with van der Waals surface area (Å²) in [6.45, 7) is 1.25. The van der Waals surface area contributed by atoms with Crippen molar-refractivity contribution in [3.05, 3.63) is 35.4 Å². The van der Waals surface area contributed by atoms with E-state index in [1.165, 1.54) is 0 Å². The van der Waals surface area contributed by atoms with Crippen molar-refractivity contribution in [3.63, 3.8) is 0 Å². The molecule has 0 bridgehead atoms. The molecule has 4 rings (SSSR count). The molecule has 0 unspecified atom stereocenters. The van der Waals surface area contributed by atoms with E-state index >= 15 is 0 Å². The molecule has 0 radical (unpaired) electrons. The van der Waals surface area contributed by atoms with E-state index in [1.54, 1.807) is 34.1 Å². The third kappa shape index (κ3) is 5.22. The Hall–Kier alpha value is -3.41. The molecule has 1 aromatic carbocycles. The number of piperidine rings is 1. The van der Waals surface area contributed by atoms with Crippen LogP contribution in [0.5, 0.6) is 0 Å². The van der Waals surface area contributed by atoms with Gasteiger partial charge in [-0.2, -0.15) is 5.26 Å². The van der Waals surface area contributed by atoms with Crippen LogP contribution in [0.15, 0.2) is 24.3 Å². The zero-order valence-corrected chi connectivity index (χ0v) is 19.3. The van der Waals surface area contributed by atoms with Gasteiger partial charge in [-0.3, -0.25) is 19.2 Å². The summed E-state index contributed by atoms with van der Waals surface area (Å²) in [7, 11) is 0. The third-order valence-electron chi connectivity index (χ3n) is 7.07. The summed E-state index contributed by atoms with van der Waals surface area (Å²) in [5, 5.41) is 14.6. The zero-order chi connectivity index (χ0) is 24.1. The molecule has 2 atom stereocenters. The predicted molar refractivity (Wildman–Crippen MR) is 123 cm³/mol. The van der Waals surface area contributed by atoms with Gasteiger partial charge in [-0.1, -0.05) is 19.3 Å². The first-order valence-corrected chi connectivity index (χ1v) is 12.2. The number of carbonyl (C=O) groups excluding carboxylic acids is 4. The van der Waals surface area contributed by atoms with Crippen molar-refractivity contribution in [2.24, 2.45) is 5.92 Å². The Kier molecular flexibility index (Phi) is 7.46. The molecule has 180 valence electrons. The van der Waals surface area contributed by atoms with Gasteiger partial charge in [0.15, 0.2) is 0 Å². The molecule has 1 aliphatic carbocycles. The minimum Gasteiger partial charge on any atom is -0.354 e. The van der Waals surface area contributed by atoms with E-state index in [2.05, 4.69) is 10.6 Å². The lowest BCUT2D eigenvalue weighted by atomic mass is 9.87. The van der Waals surface area contributed by atoms with Crippen LogP contribution in [0.25, 0.3) is 0 Å². The molecule has 2 heterocycles. The van der Waals surface area contributed by atoms with Gasteiger partial charge in [-0.25, -0.2) is 0 Å². The number of nitrogens with one attached hydrogen (secondary N) is 2. The summed E-state index contributed by atoms with van der Waals surface area (Å²) in [4.78, 5) is 55.2. The van der Waals surface area contributed by atoms with Crippen LogP contribution in [0.4, 0.5) is 0 Å². The van der Waals surface area contributed by atoms with Gasteiger partial charge in [-0.15, -0.1) is 0 Å². The van der Waals surface area contributed by atoms with E-state index < -0.39 is 18.0 Å². The lowest BCUT2D eigenvalue weighted by molar-refractivity contribution is -0.148. The number of hydrogen-bond donors (Lipinski definition) is 2. The van der Waals surface area contributed by atoms with E-state index in [0.717, 1.165) is 38.5 Å². The first-order valence-electron chi connectivity index (χ1n) is 12.2. The van der Waals surface area contributed by atoms with Gasteiger partial charge in [0, 0.05) is 31.1 Å². The predicted octanol–water partition coefficient (Wildman–Crippen LogP) is 1.19. The lowest BCUT2D eigenvalue weighted by Crippen LogP contribution is -2.64. The lowest BCUT2D eigenvalue weighted by Gasteiger charge is -2.42. The fourth-order valence-electron chi connectivity index (χ4n) is 5.09. The summed E-state index contributed by atoms with van der Waals surface area (Å²) < 4.78 is 0. The maximum atomic E-state index is 13.4. The van der Waals surface area contributed by atoms with Gasteiger partial charge in [0.1, 0.15) is 12.1 Å². The normalized spacial score (nSPS) is 23.6. The number of benzene rings is 1. The van der Waals surface area contributed by atoms with Crippen molar-refractivity contribution in [1.29, 1.82) is 5.26 Å². The van der Waals surface area contributed by atoms with E-state index in [0.29, 0.717) is 30.6 Å². The van der Waals surface area contributed by atoms with Crippen LogP contribution in [0.1, 0.15) is 60.9 Å². The number of amides is 4. The van der Waals surface area contributed by atoms with Crippen LogP contribution in [-0.4, -0.2) is 71.7 Å². The third-order valence-corrected chi connectivity index (χ3v) is 7.07. The zero-order valence-electron chi connectivity index (χ0n) is 19.3. The molecular formula is C25H31N5O4. The number of hydrogen-bond acceptors (Lipinski definition) is 5. The van der Waals surface area contributed by atoms with Gasteiger partial charge in [0.05, 0.1) is 18.2 Å². The van der Waals surface area contributed by atoms with Crippen molar-refractivity contribution in [1.82, 2.24) is 20.4 Å². The molecule has 0 aromatic heterocycles. The molecule has 4 amide bonds. The second-order valence-corrected chi connectivity index (χ2v) is 9.32. The van der Waals surface area contributed by atoms with Crippen LogP contribution in [-0.2, 0) is 14.4 Å². The van der Waals surface area contributed by atoms with E-state index in [-0.39, 0.29) is 36.7 Å². The molecule has 2 aliphatic heterocycles. The smallest absolute Gasteiger partial charge is 0.253 e. The Labute approximate surface area is 199 Å². The SMILES string of the molecule is N#Cc1ccc(C(=O)N2CCN(C(=O)C3CCCCC3)[C@@H](C(=O)N[C@@H]3CCCNC3=O)C2)cc1. The summed E-state index contributed by atoms with van der Waals surface area (Å²) in [5.41, 5.74) is 0.888. The van der Waals surface area contributed by atoms with Crippen molar-refractivity contribution in [2.45, 2.75) is 57.0 Å². The van der Waals surface area contributed by atoms with Crippen molar-refractivity contribution < 1.29 is 19.2 Å². The van der Waals surface area contributed by atoms with Crippen LogP contribution < -0.4 is 10.6 Å². The number of nitrogens with zero attached hydrogens (tertiary/aromatic N) is 3. The Morgan fingerprint density at radius 3 is 2.41 bits per heavy atom. The van der Waals surface area contributed by atoms with Crippen LogP contribution in [0.3, 0.4) is 0 Å². The molecule has 1 saturated carbocycles. The highest BCUT2D eigenvalue weighted by Gasteiger charge is 2.40. The maximum Gasteiger partial charge on any atom is 0.253 e. The molecule has 3 fully saturated rings. The molecule has 3 aliphatic rings. The average Bonchev–Trinajstić information content (AvgIpc) is 2.89. The summed E-state index contributed by atoms with van der Waals surface area (Å²) >= 11 is 0. The maximum absolute atomic E-state index is 13.4. The quantitative estimate of drug-likeness (QED) is 0.692. The first-order chi connectivity index (χ1) is 16.5. The van der Waals surface area contributed by atoms with Crippen molar-refractivity contribution >= 4 is 23.6 Å². The first kappa shape index (κ1) is 23.7. The standard InChI is InChI=1S/C25H31N5O4/c26-15-17-8-10-19(11-9-17)24(33)29-13-14-30(25(34)18-5-2-1-3-6-18)21(16-29)23(32)28-20-7-4-12-27-22(20)31/h8-11,18,20-21H,1-7,12-14,16H2,(H,27,31)(H,28,32)/t20-,21-/m1/s1. The number of rotatable bonds is 4. The number of nitriles is 1. The van der Waals surface area contributed by atoms with Crippen LogP contribution in [0.2, 0.25) is 0 Å². The fraction of sp³-hybridized carbons (Fsp3) is 0.560. The minimum absolute atomic E-state index is 0.0292. The highest BCUT2D eigenvalue weighted by molar-refractivity contribution is 5.97. The fourth-order valence-corrected chi connectivity index (χ4v) is 5.09. The second-order valence-electron chi connectivity index (χ2n) is 9.32. The summed E-state index contributed by atoms with van der Waals surface area (Å²) in [5.74, 6) is -0.988. The monoisotopic (exact) mass is 465 g/mol. The van der Waals surface area contributed by atoms with Gasteiger partial charge < -0.3 is 20.4 Å². The number of carbonyl (C=O) groups is 4. The Morgan fingerprint density at radius 1 is 1.00 bits per heavy atom. The molecule has 34 heavy (non-hydrogen) atoms. The van der Waals surface area contributed by atoms with Gasteiger partial charge in [-0.05, 0) is 49.9 Å². The van der Waals surface area contributed by atoms with E-state index in [4.69, 9.17) is 5.26 Å².